The molecule has 0 aliphatic carbocycles. The molecule has 13 nitrogen and oxygen atoms in total. The molecule has 13 heteroatoms. The van der Waals surface area contributed by atoms with E-state index in [1.54, 1.807) is 50.7 Å². The lowest BCUT2D eigenvalue weighted by atomic mass is 9.85. The first-order chi connectivity index (χ1) is 27.0. The van der Waals surface area contributed by atoms with E-state index in [-0.39, 0.29) is 16.7 Å². The number of hydrogen-bond donors (Lipinski definition) is 3. The van der Waals surface area contributed by atoms with Gasteiger partial charge in [0.2, 0.25) is 0 Å². The Labute approximate surface area is 327 Å². The van der Waals surface area contributed by atoms with E-state index >= 15 is 0 Å². The molecule has 4 aromatic carbocycles. The molecule has 5 rings (SSSR count). The van der Waals surface area contributed by atoms with Crippen LogP contribution < -0.4 is 35.3 Å². The van der Waals surface area contributed by atoms with Crippen LogP contribution >= 0.6 is 0 Å². The Morgan fingerprint density at radius 2 is 1.41 bits per heavy atom. The Balaban J connectivity index is 1.27. The fourth-order valence-electron chi connectivity index (χ4n) is 5.87. The van der Waals surface area contributed by atoms with E-state index in [2.05, 4.69) is 15.6 Å². The summed E-state index contributed by atoms with van der Waals surface area (Å²) in [6.45, 7) is 8.85. The lowest BCUT2D eigenvalue weighted by Gasteiger charge is -2.23. The van der Waals surface area contributed by atoms with Crippen molar-refractivity contribution in [1.29, 1.82) is 0 Å². The van der Waals surface area contributed by atoms with Gasteiger partial charge in [-0.3, -0.25) is 9.78 Å². The Morgan fingerprint density at radius 1 is 0.714 bits per heavy atom. The number of pyridine rings is 1. The van der Waals surface area contributed by atoms with E-state index in [4.69, 9.17) is 38.9 Å². The van der Waals surface area contributed by atoms with Crippen molar-refractivity contribution in [3.8, 4) is 28.7 Å². The minimum atomic E-state index is -0.659. The third-order valence-electron chi connectivity index (χ3n) is 8.68. The molecule has 0 saturated heterocycles. The predicted octanol–water partition coefficient (Wildman–Crippen LogP) is 7.73. The second-order valence-electron chi connectivity index (χ2n) is 13.8. The first kappa shape index (κ1) is 41.3. The number of amides is 3. The first-order valence-corrected chi connectivity index (χ1v) is 18.2. The van der Waals surface area contributed by atoms with Crippen LogP contribution in [0.2, 0.25) is 0 Å². The number of benzene rings is 4. The van der Waals surface area contributed by atoms with Crippen LogP contribution in [0, 0.1) is 0 Å². The summed E-state index contributed by atoms with van der Waals surface area (Å²) in [5.41, 5.74) is 8.94. The highest BCUT2D eigenvalue weighted by atomic mass is 16.6. The van der Waals surface area contributed by atoms with Gasteiger partial charge in [-0.1, -0.05) is 45.0 Å². The van der Waals surface area contributed by atoms with Gasteiger partial charge in [0, 0.05) is 48.3 Å². The van der Waals surface area contributed by atoms with Crippen molar-refractivity contribution < 1.29 is 42.7 Å². The number of fused-ring (bicyclic) bond motifs is 1. The van der Waals surface area contributed by atoms with Gasteiger partial charge in [0.1, 0.15) is 29.6 Å². The summed E-state index contributed by atoms with van der Waals surface area (Å²) in [7, 11) is 4.67. The van der Waals surface area contributed by atoms with Crippen molar-refractivity contribution >= 4 is 34.1 Å². The van der Waals surface area contributed by atoms with Crippen LogP contribution in [-0.2, 0) is 26.0 Å². The molecule has 0 aliphatic rings. The zero-order valence-electron chi connectivity index (χ0n) is 32.7. The van der Waals surface area contributed by atoms with Gasteiger partial charge < -0.3 is 49.5 Å². The van der Waals surface area contributed by atoms with E-state index in [9.17, 15) is 9.59 Å². The third kappa shape index (κ3) is 11.3. The summed E-state index contributed by atoms with van der Waals surface area (Å²) < 4.78 is 39.4. The maximum absolute atomic E-state index is 13.4. The molecule has 56 heavy (non-hydrogen) atoms. The summed E-state index contributed by atoms with van der Waals surface area (Å²) in [6, 6.07) is 23.5. The molecular weight excluding hydrogens is 716 g/mol. The van der Waals surface area contributed by atoms with Crippen LogP contribution in [0.4, 0.5) is 16.2 Å². The Morgan fingerprint density at radius 3 is 2.11 bits per heavy atom. The number of urea groups is 1. The lowest BCUT2D eigenvalue weighted by Crippen LogP contribution is -2.23. The zero-order chi connectivity index (χ0) is 40.1. The van der Waals surface area contributed by atoms with Gasteiger partial charge in [-0.05, 0) is 59.0 Å². The molecule has 0 aliphatic heterocycles. The van der Waals surface area contributed by atoms with Crippen LogP contribution in [0.25, 0.3) is 10.8 Å². The van der Waals surface area contributed by atoms with Crippen LogP contribution in [-0.4, -0.2) is 77.9 Å². The summed E-state index contributed by atoms with van der Waals surface area (Å²) in [5, 5.41) is 7.33. The van der Waals surface area contributed by atoms with E-state index in [1.807, 2.05) is 69.3 Å². The average Bonchev–Trinajstić information content (AvgIpc) is 3.17. The van der Waals surface area contributed by atoms with Gasteiger partial charge in [0.15, 0.2) is 5.75 Å². The fraction of sp³-hybridized carbons (Fsp3) is 0.326. The number of nitrogens with one attached hydrogen (secondary N) is 2. The van der Waals surface area contributed by atoms with E-state index in [0.717, 1.165) is 27.6 Å². The third-order valence-corrected chi connectivity index (χ3v) is 8.68. The highest BCUT2D eigenvalue weighted by Gasteiger charge is 2.23. The lowest BCUT2D eigenvalue weighted by molar-refractivity contribution is 0.0179. The van der Waals surface area contributed by atoms with Crippen molar-refractivity contribution in [3.05, 3.63) is 107 Å². The molecule has 0 spiro atoms. The zero-order valence-corrected chi connectivity index (χ0v) is 32.7. The summed E-state index contributed by atoms with van der Waals surface area (Å²) >= 11 is 0. The Kier molecular flexibility index (Phi) is 14.5. The van der Waals surface area contributed by atoms with Crippen molar-refractivity contribution in [3.63, 3.8) is 0 Å². The number of hydrogen-bond acceptors (Lipinski definition) is 10. The number of anilines is 2. The number of primary amides is 1. The van der Waals surface area contributed by atoms with Gasteiger partial charge in [0.05, 0.1) is 64.2 Å². The van der Waals surface area contributed by atoms with Crippen molar-refractivity contribution in [1.82, 2.24) is 4.98 Å². The van der Waals surface area contributed by atoms with Gasteiger partial charge in [0.25, 0.3) is 5.91 Å². The molecule has 1 heterocycles. The molecule has 0 bridgehead atoms. The molecular formula is C43H50N4O9. The minimum absolute atomic E-state index is 0.178. The number of aromatic nitrogens is 1. The largest absolute Gasteiger partial charge is 0.497 e. The molecule has 5 aromatic rings. The number of ether oxygens (including phenoxy) is 7. The number of nitrogens with zero attached hydrogens (tertiary/aromatic N) is 1. The predicted molar refractivity (Wildman–Crippen MR) is 216 cm³/mol. The van der Waals surface area contributed by atoms with Crippen LogP contribution in [0.3, 0.4) is 0 Å². The monoisotopic (exact) mass is 766 g/mol. The Bertz CT molecular complexity index is 2120. The maximum Gasteiger partial charge on any atom is 0.323 e. The molecule has 296 valence electrons. The quantitative estimate of drug-likeness (QED) is 0.0710. The van der Waals surface area contributed by atoms with Crippen LogP contribution in [0.1, 0.15) is 48.0 Å². The normalized spacial score (nSPS) is 11.2. The number of carbonyl (C=O) groups excluding carboxylic acids is 2. The molecule has 1 aromatic heterocycles. The standard InChI is InChI=1S/C43H50N4O9/c1-43(2,3)29-24-36(41(44)48)40(52-6)38(25-29)47-42(49)46-37-11-12-39(35-10-8-7-9-34(35)37)56-31-13-14-45-30(26-31)21-28-22-32(51-5)27-33(23-28)55-20-19-54-18-17-53-16-15-50-4/h7-14,22-27H,15-21H2,1-6H3,(H2,44,48)(H2,46,47,49). The van der Waals surface area contributed by atoms with E-state index < -0.39 is 11.9 Å². The Hall–Kier alpha value is -5.89. The summed E-state index contributed by atoms with van der Waals surface area (Å²) in [6.07, 6.45) is 2.21. The SMILES string of the molecule is COCCOCCOCCOc1cc(Cc2cc(Oc3ccc(NC(=O)Nc4cc(C(C)(C)C)cc(C(N)=O)c4OC)c4ccccc34)ccn2)cc(OC)c1. The highest BCUT2D eigenvalue weighted by Crippen LogP contribution is 2.37. The minimum Gasteiger partial charge on any atom is -0.497 e. The van der Waals surface area contributed by atoms with Crippen molar-refractivity contribution in [2.24, 2.45) is 5.73 Å². The molecule has 0 atom stereocenters. The summed E-state index contributed by atoms with van der Waals surface area (Å²) in [4.78, 5) is 30.3. The van der Waals surface area contributed by atoms with E-state index in [1.165, 1.54) is 7.11 Å². The van der Waals surface area contributed by atoms with Crippen molar-refractivity contribution in [2.45, 2.75) is 32.6 Å². The molecule has 0 fully saturated rings. The van der Waals surface area contributed by atoms with Gasteiger partial charge in [-0.25, -0.2) is 4.79 Å². The number of methoxy groups -OCH3 is 3. The number of nitrogens with two attached hydrogens (primary N) is 1. The van der Waals surface area contributed by atoms with E-state index in [0.29, 0.717) is 80.4 Å². The second-order valence-corrected chi connectivity index (χ2v) is 13.8. The van der Waals surface area contributed by atoms with Crippen LogP contribution in [0.5, 0.6) is 28.7 Å². The number of rotatable bonds is 19. The smallest absolute Gasteiger partial charge is 0.323 e. The molecule has 3 amide bonds. The average molecular weight is 767 g/mol. The molecule has 0 unspecified atom stereocenters. The second kappa shape index (κ2) is 19.6. The van der Waals surface area contributed by atoms with Gasteiger partial charge >= 0.3 is 6.03 Å². The van der Waals surface area contributed by atoms with Gasteiger partial charge in [-0.2, -0.15) is 0 Å². The molecule has 0 radical (unpaired) electrons. The topological polar surface area (TPSA) is 162 Å². The molecule has 0 saturated carbocycles. The summed E-state index contributed by atoms with van der Waals surface area (Å²) in [5.74, 6) is 2.04. The highest BCUT2D eigenvalue weighted by molar-refractivity contribution is 6.09. The molecule has 4 N–H and O–H groups in total. The van der Waals surface area contributed by atoms with Crippen LogP contribution in [0.15, 0.2) is 85.1 Å². The van der Waals surface area contributed by atoms with Crippen molar-refractivity contribution in [2.75, 3.05) is 71.6 Å². The fourth-order valence-corrected chi connectivity index (χ4v) is 5.87. The maximum atomic E-state index is 13.4. The number of carbonyl (C=O) groups is 2. The first-order valence-electron chi connectivity index (χ1n) is 18.2. The van der Waals surface area contributed by atoms with Gasteiger partial charge in [-0.15, -0.1) is 0 Å².